The van der Waals surface area contributed by atoms with E-state index in [4.69, 9.17) is 5.73 Å². The standard InChI is InChI=1S/C13H15N/c1-10-6-8-11(9-7-10)12-4-2-3-5-13(12)14/h2-6,8-10H,7,14H2,1H3. The fourth-order valence-corrected chi connectivity index (χ4v) is 1.69. The van der Waals surface area contributed by atoms with Gasteiger partial charge in [-0.25, -0.2) is 0 Å². The molecule has 1 aromatic rings. The van der Waals surface area contributed by atoms with Gasteiger partial charge in [-0.05, 0) is 24.0 Å². The summed E-state index contributed by atoms with van der Waals surface area (Å²) in [5, 5.41) is 0. The van der Waals surface area contributed by atoms with Gasteiger partial charge in [-0.2, -0.15) is 0 Å². The summed E-state index contributed by atoms with van der Waals surface area (Å²) >= 11 is 0. The summed E-state index contributed by atoms with van der Waals surface area (Å²) in [6, 6.07) is 8.01. The number of nitrogens with two attached hydrogens (primary N) is 1. The van der Waals surface area contributed by atoms with Gasteiger partial charge in [0.2, 0.25) is 0 Å². The molecule has 0 saturated heterocycles. The van der Waals surface area contributed by atoms with Crippen LogP contribution in [0.25, 0.3) is 5.57 Å². The second-order valence-electron chi connectivity index (χ2n) is 3.82. The minimum Gasteiger partial charge on any atom is -0.398 e. The van der Waals surface area contributed by atoms with Gasteiger partial charge in [0.25, 0.3) is 0 Å². The Bertz CT molecular complexity index is 388. The van der Waals surface area contributed by atoms with E-state index in [1.807, 2.05) is 18.2 Å². The summed E-state index contributed by atoms with van der Waals surface area (Å²) in [6.45, 7) is 2.22. The maximum atomic E-state index is 5.91. The van der Waals surface area contributed by atoms with E-state index in [0.717, 1.165) is 17.7 Å². The van der Waals surface area contributed by atoms with E-state index >= 15 is 0 Å². The number of rotatable bonds is 1. The average Bonchev–Trinajstić information content (AvgIpc) is 2.20. The summed E-state index contributed by atoms with van der Waals surface area (Å²) in [5.41, 5.74) is 9.17. The second-order valence-corrected chi connectivity index (χ2v) is 3.82. The van der Waals surface area contributed by atoms with Crippen LogP contribution in [-0.2, 0) is 0 Å². The molecule has 1 aromatic carbocycles. The summed E-state index contributed by atoms with van der Waals surface area (Å²) < 4.78 is 0. The molecule has 0 aromatic heterocycles. The van der Waals surface area contributed by atoms with Crippen LogP contribution < -0.4 is 5.73 Å². The van der Waals surface area contributed by atoms with Crippen molar-refractivity contribution in [2.24, 2.45) is 5.92 Å². The van der Waals surface area contributed by atoms with Crippen LogP contribution in [-0.4, -0.2) is 0 Å². The molecule has 0 amide bonds. The molecule has 1 unspecified atom stereocenters. The number of hydrogen-bond donors (Lipinski definition) is 1. The van der Waals surface area contributed by atoms with Crippen LogP contribution in [0.1, 0.15) is 18.9 Å². The lowest BCUT2D eigenvalue weighted by molar-refractivity contribution is 0.739. The SMILES string of the molecule is CC1C=CC(c2ccccc2N)=CC1. The van der Waals surface area contributed by atoms with Crippen molar-refractivity contribution in [1.82, 2.24) is 0 Å². The third kappa shape index (κ3) is 1.72. The van der Waals surface area contributed by atoms with Crippen molar-refractivity contribution in [3.8, 4) is 0 Å². The first-order valence-corrected chi connectivity index (χ1v) is 5.00. The molecule has 0 heterocycles. The zero-order chi connectivity index (χ0) is 9.97. The van der Waals surface area contributed by atoms with Gasteiger partial charge in [0.15, 0.2) is 0 Å². The van der Waals surface area contributed by atoms with Gasteiger partial charge in [0.05, 0.1) is 0 Å². The second kappa shape index (κ2) is 3.70. The van der Waals surface area contributed by atoms with Crippen molar-refractivity contribution in [3.63, 3.8) is 0 Å². The lowest BCUT2D eigenvalue weighted by Gasteiger charge is -2.13. The smallest absolute Gasteiger partial charge is 0.0393 e. The molecule has 1 aliphatic rings. The maximum absolute atomic E-state index is 5.91. The Kier molecular flexibility index (Phi) is 2.40. The summed E-state index contributed by atoms with van der Waals surface area (Å²) in [7, 11) is 0. The largest absolute Gasteiger partial charge is 0.398 e. The summed E-state index contributed by atoms with van der Waals surface area (Å²) in [6.07, 6.45) is 7.78. The first kappa shape index (κ1) is 9.07. The zero-order valence-electron chi connectivity index (χ0n) is 8.40. The van der Waals surface area contributed by atoms with E-state index in [1.54, 1.807) is 0 Å². The normalized spacial score (nSPS) is 20.6. The van der Waals surface area contributed by atoms with E-state index in [0.29, 0.717) is 5.92 Å². The van der Waals surface area contributed by atoms with Crippen molar-refractivity contribution in [3.05, 3.63) is 48.1 Å². The fraction of sp³-hybridized carbons (Fsp3) is 0.231. The van der Waals surface area contributed by atoms with Crippen molar-refractivity contribution in [1.29, 1.82) is 0 Å². The number of hydrogen-bond acceptors (Lipinski definition) is 1. The first-order valence-electron chi connectivity index (χ1n) is 5.00. The van der Waals surface area contributed by atoms with Crippen LogP contribution >= 0.6 is 0 Å². The molecular weight excluding hydrogens is 170 g/mol. The molecule has 72 valence electrons. The molecule has 0 radical (unpaired) electrons. The highest BCUT2D eigenvalue weighted by Gasteiger charge is 2.07. The molecule has 1 nitrogen and oxygen atoms in total. The lowest BCUT2D eigenvalue weighted by atomic mass is 9.93. The van der Waals surface area contributed by atoms with Crippen molar-refractivity contribution in [2.75, 3.05) is 5.73 Å². The van der Waals surface area contributed by atoms with Crippen LogP contribution in [0, 0.1) is 5.92 Å². The molecule has 0 saturated carbocycles. The molecule has 0 spiro atoms. The Labute approximate surface area is 84.9 Å². The minimum absolute atomic E-state index is 0.656. The number of anilines is 1. The molecular formula is C13H15N. The lowest BCUT2D eigenvalue weighted by Crippen LogP contribution is -1.97. The van der Waals surface area contributed by atoms with E-state index in [-0.39, 0.29) is 0 Å². The van der Waals surface area contributed by atoms with Crippen LogP contribution in [0.5, 0.6) is 0 Å². The minimum atomic E-state index is 0.656. The topological polar surface area (TPSA) is 26.0 Å². The highest BCUT2D eigenvalue weighted by Crippen LogP contribution is 2.27. The summed E-state index contributed by atoms with van der Waals surface area (Å²) in [5.74, 6) is 0.656. The highest BCUT2D eigenvalue weighted by molar-refractivity contribution is 5.81. The molecule has 1 heteroatoms. The zero-order valence-corrected chi connectivity index (χ0v) is 8.40. The van der Waals surface area contributed by atoms with Gasteiger partial charge < -0.3 is 5.73 Å². The molecule has 0 fully saturated rings. The van der Waals surface area contributed by atoms with Crippen LogP contribution in [0.2, 0.25) is 0 Å². The molecule has 2 rings (SSSR count). The van der Waals surface area contributed by atoms with Crippen molar-refractivity contribution in [2.45, 2.75) is 13.3 Å². The molecule has 1 aliphatic carbocycles. The Hall–Kier alpha value is -1.50. The Morgan fingerprint density at radius 3 is 2.71 bits per heavy atom. The number of benzene rings is 1. The Morgan fingerprint density at radius 1 is 1.29 bits per heavy atom. The Balaban J connectivity index is 2.33. The fourth-order valence-electron chi connectivity index (χ4n) is 1.69. The Morgan fingerprint density at radius 2 is 2.07 bits per heavy atom. The van der Waals surface area contributed by atoms with Gasteiger partial charge in [-0.15, -0.1) is 0 Å². The predicted molar refractivity (Wildman–Crippen MR) is 61.8 cm³/mol. The number of nitrogen functional groups attached to an aromatic ring is 1. The molecule has 14 heavy (non-hydrogen) atoms. The summed E-state index contributed by atoms with van der Waals surface area (Å²) in [4.78, 5) is 0. The van der Waals surface area contributed by atoms with Crippen LogP contribution in [0.4, 0.5) is 5.69 Å². The van der Waals surface area contributed by atoms with Crippen molar-refractivity contribution < 1.29 is 0 Å². The maximum Gasteiger partial charge on any atom is 0.0393 e. The van der Waals surface area contributed by atoms with Gasteiger partial charge in [-0.1, -0.05) is 43.4 Å². The molecule has 0 aliphatic heterocycles. The van der Waals surface area contributed by atoms with E-state index < -0.39 is 0 Å². The molecule has 1 atom stereocenters. The van der Waals surface area contributed by atoms with Gasteiger partial charge in [0, 0.05) is 11.3 Å². The predicted octanol–water partition coefficient (Wildman–Crippen LogP) is 3.25. The quantitative estimate of drug-likeness (QED) is 0.668. The van der Waals surface area contributed by atoms with E-state index in [1.165, 1.54) is 5.57 Å². The third-order valence-electron chi connectivity index (χ3n) is 2.59. The van der Waals surface area contributed by atoms with Crippen LogP contribution in [0.3, 0.4) is 0 Å². The average molecular weight is 185 g/mol. The van der Waals surface area contributed by atoms with E-state index in [9.17, 15) is 0 Å². The van der Waals surface area contributed by atoms with Crippen molar-refractivity contribution >= 4 is 11.3 Å². The number of para-hydroxylation sites is 1. The first-order chi connectivity index (χ1) is 6.77. The molecule has 0 bridgehead atoms. The van der Waals surface area contributed by atoms with Gasteiger partial charge >= 0.3 is 0 Å². The van der Waals surface area contributed by atoms with Gasteiger partial charge in [-0.3, -0.25) is 0 Å². The third-order valence-corrected chi connectivity index (χ3v) is 2.59. The monoisotopic (exact) mass is 185 g/mol. The van der Waals surface area contributed by atoms with Gasteiger partial charge in [0.1, 0.15) is 0 Å². The number of allylic oxidation sites excluding steroid dienone is 4. The molecule has 2 N–H and O–H groups in total. The van der Waals surface area contributed by atoms with Crippen LogP contribution in [0.15, 0.2) is 42.5 Å². The highest BCUT2D eigenvalue weighted by atomic mass is 14.6. The van der Waals surface area contributed by atoms with E-state index in [2.05, 4.69) is 31.2 Å².